The van der Waals surface area contributed by atoms with Gasteiger partial charge < -0.3 is 10.1 Å². The van der Waals surface area contributed by atoms with Gasteiger partial charge >= 0.3 is 0 Å². The summed E-state index contributed by atoms with van der Waals surface area (Å²) in [5, 5.41) is 2.53. The van der Waals surface area contributed by atoms with E-state index in [-0.39, 0.29) is 16.4 Å². The summed E-state index contributed by atoms with van der Waals surface area (Å²) in [7, 11) is -4.05. The highest BCUT2D eigenvalue weighted by Crippen LogP contribution is 2.19. The van der Waals surface area contributed by atoms with Gasteiger partial charge in [-0.3, -0.25) is 9.59 Å². The van der Waals surface area contributed by atoms with E-state index in [0.717, 1.165) is 0 Å². The number of amides is 2. The Hall–Kier alpha value is -2.87. The fraction of sp³-hybridized carbons (Fsp3) is 0.176. The molecule has 2 aromatic rings. The molecule has 0 bridgehead atoms. The van der Waals surface area contributed by atoms with E-state index in [4.69, 9.17) is 4.74 Å². The van der Waals surface area contributed by atoms with Crippen LogP contribution in [0.1, 0.15) is 24.2 Å². The van der Waals surface area contributed by atoms with Gasteiger partial charge in [0, 0.05) is 12.6 Å². The molecule has 0 aliphatic carbocycles. The normalized spacial score (nSPS) is 10.8. The van der Waals surface area contributed by atoms with Crippen molar-refractivity contribution in [2.24, 2.45) is 0 Å². The Kier molecular flexibility index (Phi) is 5.76. The van der Waals surface area contributed by atoms with Crippen LogP contribution in [-0.4, -0.2) is 26.8 Å². The van der Waals surface area contributed by atoms with Crippen LogP contribution >= 0.6 is 0 Å². The molecule has 8 heteroatoms. The van der Waals surface area contributed by atoms with Gasteiger partial charge in [-0.05, 0) is 43.3 Å². The van der Waals surface area contributed by atoms with Crippen LogP contribution in [-0.2, 0) is 14.8 Å². The number of benzene rings is 2. The van der Waals surface area contributed by atoms with Crippen LogP contribution < -0.4 is 14.8 Å². The standard InChI is InChI=1S/C17H18N2O5S/c1-3-24-16-7-5-4-6-15(16)17(21)19-25(22,23)14-10-8-13(9-11-14)18-12(2)20/h4-11H,3H2,1-2H3,(H,18,20)(H,19,21). The summed E-state index contributed by atoms with van der Waals surface area (Å²) in [6.45, 7) is 3.46. The van der Waals surface area contributed by atoms with Crippen LogP contribution in [0.25, 0.3) is 0 Å². The summed E-state index contributed by atoms with van der Waals surface area (Å²) in [4.78, 5) is 23.2. The van der Waals surface area contributed by atoms with Crippen LogP contribution in [0.2, 0.25) is 0 Å². The summed E-state index contributed by atoms with van der Waals surface area (Å²) in [5.74, 6) is -0.745. The lowest BCUT2D eigenvalue weighted by atomic mass is 10.2. The maximum Gasteiger partial charge on any atom is 0.268 e. The Morgan fingerprint density at radius 2 is 1.68 bits per heavy atom. The van der Waals surface area contributed by atoms with Crippen molar-refractivity contribution in [2.45, 2.75) is 18.7 Å². The number of rotatable bonds is 6. The molecule has 0 radical (unpaired) electrons. The predicted molar refractivity (Wildman–Crippen MR) is 93.0 cm³/mol. The number of sulfonamides is 1. The SMILES string of the molecule is CCOc1ccccc1C(=O)NS(=O)(=O)c1ccc(NC(C)=O)cc1. The van der Waals surface area contributed by atoms with Crippen LogP contribution in [0.5, 0.6) is 5.75 Å². The van der Waals surface area contributed by atoms with E-state index in [1.807, 2.05) is 4.72 Å². The minimum absolute atomic E-state index is 0.0937. The van der Waals surface area contributed by atoms with Crippen molar-refractivity contribution in [3.05, 3.63) is 54.1 Å². The molecular weight excluding hydrogens is 344 g/mol. The molecule has 2 rings (SSSR count). The predicted octanol–water partition coefficient (Wildman–Crippen LogP) is 2.16. The lowest BCUT2D eigenvalue weighted by molar-refractivity contribution is -0.114. The molecule has 0 aromatic heterocycles. The molecule has 2 aromatic carbocycles. The number of nitrogens with one attached hydrogen (secondary N) is 2. The number of ether oxygens (including phenoxy) is 1. The minimum Gasteiger partial charge on any atom is -0.493 e. The average Bonchev–Trinajstić information content (AvgIpc) is 2.55. The van der Waals surface area contributed by atoms with Gasteiger partial charge in [-0.1, -0.05) is 12.1 Å². The minimum atomic E-state index is -4.05. The van der Waals surface area contributed by atoms with Gasteiger partial charge in [-0.15, -0.1) is 0 Å². The lowest BCUT2D eigenvalue weighted by Gasteiger charge is -2.11. The van der Waals surface area contributed by atoms with Crippen molar-refractivity contribution >= 4 is 27.5 Å². The quantitative estimate of drug-likeness (QED) is 0.820. The van der Waals surface area contributed by atoms with Crippen molar-refractivity contribution in [3.63, 3.8) is 0 Å². The van der Waals surface area contributed by atoms with Gasteiger partial charge in [0.05, 0.1) is 17.1 Å². The number of anilines is 1. The molecule has 0 aliphatic rings. The van der Waals surface area contributed by atoms with E-state index in [1.54, 1.807) is 25.1 Å². The molecule has 0 heterocycles. The molecule has 0 aliphatic heterocycles. The molecule has 2 N–H and O–H groups in total. The van der Waals surface area contributed by atoms with Crippen molar-refractivity contribution in [1.29, 1.82) is 0 Å². The topological polar surface area (TPSA) is 102 Å². The molecule has 2 amide bonds. The summed E-state index contributed by atoms with van der Waals surface area (Å²) in [6, 6.07) is 11.9. The van der Waals surface area contributed by atoms with Crippen LogP contribution in [0.4, 0.5) is 5.69 Å². The number of hydrogen-bond acceptors (Lipinski definition) is 5. The summed E-state index contributed by atoms with van der Waals surface area (Å²) in [5.41, 5.74) is 0.585. The van der Waals surface area contributed by atoms with Gasteiger partial charge in [0.1, 0.15) is 5.75 Å². The fourth-order valence-corrected chi connectivity index (χ4v) is 3.06. The Labute approximate surface area is 146 Å². The number of carbonyl (C=O) groups is 2. The molecular formula is C17H18N2O5S. The average molecular weight is 362 g/mol. The van der Waals surface area contributed by atoms with Crippen molar-refractivity contribution in [2.75, 3.05) is 11.9 Å². The smallest absolute Gasteiger partial charge is 0.268 e. The van der Waals surface area contributed by atoms with Gasteiger partial charge in [-0.2, -0.15) is 0 Å². The van der Waals surface area contributed by atoms with E-state index >= 15 is 0 Å². The largest absolute Gasteiger partial charge is 0.493 e. The molecule has 0 spiro atoms. The highest BCUT2D eigenvalue weighted by Gasteiger charge is 2.21. The Bertz CT molecular complexity index is 876. The number of hydrogen-bond donors (Lipinski definition) is 2. The Balaban J connectivity index is 2.21. The zero-order valence-corrected chi connectivity index (χ0v) is 14.6. The monoisotopic (exact) mass is 362 g/mol. The Morgan fingerprint density at radius 3 is 2.28 bits per heavy atom. The summed E-state index contributed by atoms with van der Waals surface area (Å²) >= 11 is 0. The summed E-state index contributed by atoms with van der Waals surface area (Å²) < 4.78 is 32.1. The van der Waals surface area contributed by atoms with E-state index in [1.165, 1.54) is 37.3 Å². The second-order valence-corrected chi connectivity index (χ2v) is 6.75. The maximum atomic E-state index is 12.4. The third kappa shape index (κ3) is 4.80. The van der Waals surface area contributed by atoms with Gasteiger partial charge in [0.25, 0.3) is 15.9 Å². The van der Waals surface area contributed by atoms with E-state index in [2.05, 4.69) is 5.32 Å². The van der Waals surface area contributed by atoms with Crippen molar-refractivity contribution in [3.8, 4) is 5.75 Å². The first-order chi connectivity index (χ1) is 11.8. The summed E-state index contributed by atoms with van der Waals surface area (Å²) in [6.07, 6.45) is 0. The first kappa shape index (κ1) is 18.5. The van der Waals surface area contributed by atoms with Gasteiger partial charge in [-0.25, -0.2) is 13.1 Å². The van der Waals surface area contributed by atoms with Crippen LogP contribution in [0.15, 0.2) is 53.4 Å². The van der Waals surface area contributed by atoms with Gasteiger partial charge in [0.15, 0.2) is 0 Å². The van der Waals surface area contributed by atoms with Crippen molar-refractivity contribution in [1.82, 2.24) is 4.72 Å². The van der Waals surface area contributed by atoms with Crippen molar-refractivity contribution < 1.29 is 22.7 Å². The van der Waals surface area contributed by atoms with Crippen LogP contribution in [0.3, 0.4) is 0 Å². The fourth-order valence-electron chi connectivity index (χ4n) is 2.09. The van der Waals surface area contributed by atoms with Gasteiger partial charge in [0.2, 0.25) is 5.91 Å². The molecule has 0 fully saturated rings. The highest BCUT2D eigenvalue weighted by atomic mass is 32.2. The van der Waals surface area contributed by atoms with E-state index < -0.39 is 15.9 Å². The maximum absolute atomic E-state index is 12.4. The first-order valence-corrected chi connectivity index (χ1v) is 8.98. The zero-order valence-electron chi connectivity index (χ0n) is 13.8. The highest BCUT2D eigenvalue weighted by molar-refractivity contribution is 7.90. The number of carbonyl (C=O) groups excluding carboxylic acids is 2. The molecule has 132 valence electrons. The third-order valence-electron chi connectivity index (χ3n) is 3.14. The second kappa shape index (κ2) is 7.80. The molecule has 0 unspecified atom stereocenters. The molecule has 0 atom stereocenters. The number of para-hydroxylation sites is 1. The first-order valence-electron chi connectivity index (χ1n) is 7.50. The van der Waals surface area contributed by atoms with E-state index in [9.17, 15) is 18.0 Å². The Morgan fingerprint density at radius 1 is 1.04 bits per heavy atom. The van der Waals surface area contributed by atoms with Crippen LogP contribution in [0, 0.1) is 0 Å². The zero-order chi connectivity index (χ0) is 18.4. The molecule has 0 saturated carbocycles. The van der Waals surface area contributed by atoms with E-state index in [0.29, 0.717) is 18.0 Å². The lowest BCUT2D eigenvalue weighted by Crippen LogP contribution is -2.30. The molecule has 25 heavy (non-hydrogen) atoms. The molecule has 7 nitrogen and oxygen atoms in total. The molecule has 0 saturated heterocycles. The third-order valence-corrected chi connectivity index (χ3v) is 4.49. The second-order valence-electron chi connectivity index (χ2n) is 5.07.